The number of nitrogens with zero attached hydrogens (tertiary/aromatic N) is 3. The quantitative estimate of drug-likeness (QED) is 0.585. The van der Waals surface area contributed by atoms with Gasteiger partial charge in [-0.25, -0.2) is 0 Å². The van der Waals surface area contributed by atoms with E-state index in [0.29, 0.717) is 33.9 Å². The lowest BCUT2D eigenvalue weighted by atomic mass is 9.96. The lowest BCUT2D eigenvalue weighted by Crippen LogP contribution is -2.37. The second-order valence-corrected chi connectivity index (χ2v) is 8.39. The molecule has 1 saturated heterocycles. The van der Waals surface area contributed by atoms with Crippen molar-refractivity contribution in [3.05, 3.63) is 64.0 Å². The van der Waals surface area contributed by atoms with Crippen molar-refractivity contribution in [2.45, 2.75) is 26.3 Å². The fourth-order valence-electron chi connectivity index (χ4n) is 3.61. The van der Waals surface area contributed by atoms with Crippen LogP contribution in [0.2, 0.25) is 10.0 Å². The molecule has 1 amide bonds. The summed E-state index contributed by atoms with van der Waals surface area (Å²) < 4.78 is 5.40. The third-order valence-electron chi connectivity index (χ3n) is 5.24. The van der Waals surface area contributed by atoms with Gasteiger partial charge in [-0.2, -0.15) is 4.98 Å². The number of aryl methyl sites for hydroxylation is 1. The molecule has 0 spiro atoms. The van der Waals surface area contributed by atoms with Crippen LogP contribution in [0, 0.1) is 12.8 Å². The van der Waals surface area contributed by atoms with Crippen LogP contribution in [0.15, 0.2) is 47.0 Å². The molecule has 8 heteroatoms. The number of anilines is 1. The monoisotopic (exact) mass is 444 g/mol. The van der Waals surface area contributed by atoms with E-state index in [-0.39, 0.29) is 11.8 Å². The van der Waals surface area contributed by atoms with Gasteiger partial charge in [0.2, 0.25) is 17.6 Å². The summed E-state index contributed by atoms with van der Waals surface area (Å²) in [7, 11) is 0. The summed E-state index contributed by atoms with van der Waals surface area (Å²) in [6.07, 6.45) is 1.59. The van der Waals surface area contributed by atoms with Crippen LogP contribution in [-0.2, 0) is 11.3 Å². The summed E-state index contributed by atoms with van der Waals surface area (Å²) in [5, 5.41) is 8.10. The summed E-state index contributed by atoms with van der Waals surface area (Å²) in [6.45, 7) is 4.15. The number of likely N-dealkylation sites (tertiary alicyclic amines) is 1. The molecule has 0 bridgehead atoms. The largest absolute Gasteiger partial charge is 0.338 e. The average Bonchev–Trinajstić information content (AvgIpc) is 3.16. The van der Waals surface area contributed by atoms with Crippen LogP contribution in [0.4, 0.5) is 5.69 Å². The number of hydrogen-bond acceptors (Lipinski definition) is 5. The number of aromatic nitrogens is 2. The molecule has 30 heavy (non-hydrogen) atoms. The number of carbonyl (C=O) groups excluding carboxylic acids is 1. The van der Waals surface area contributed by atoms with Gasteiger partial charge in [0.1, 0.15) is 0 Å². The molecule has 1 aliphatic rings. The Kier molecular flexibility index (Phi) is 6.37. The number of benzene rings is 2. The summed E-state index contributed by atoms with van der Waals surface area (Å²) in [5.74, 6) is 1.06. The first kappa shape index (κ1) is 20.8. The van der Waals surface area contributed by atoms with Gasteiger partial charge in [0, 0.05) is 22.2 Å². The minimum absolute atomic E-state index is 0.00730. The Labute approximate surface area is 185 Å². The van der Waals surface area contributed by atoms with Crippen molar-refractivity contribution in [2.75, 3.05) is 18.4 Å². The second kappa shape index (κ2) is 9.16. The first-order chi connectivity index (χ1) is 14.5. The molecular weight excluding hydrogens is 423 g/mol. The molecule has 156 valence electrons. The number of halogens is 2. The predicted octanol–water partition coefficient (Wildman–Crippen LogP) is 5.20. The van der Waals surface area contributed by atoms with E-state index in [0.717, 1.165) is 37.2 Å². The van der Waals surface area contributed by atoms with Crippen LogP contribution in [0.1, 0.15) is 24.3 Å². The Morgan fingerprint density at radius 3 is 2.73 bits per heavy atom. The van der Waals surface area contributed by atoms with Crippen LogP contribution in [0.25, 0.3) is 11.4 Å². The molecule has 0 unspecified atom stereocenters. The Bertz CT molecular complexity index is 1050. The van der Waals surface area contributed by atoms with Crippen molar-refractivity contribution in [3.63, 3.8) is 0 Å². The maximum atomic E-state index is 12.6. The first-order valence-corrected chi connectivity index (χ1v) is 10.6. The van der Waals surface area contributed by atoms with Crippen LogP contribution in [-0.4, -0.2) is 34.0 Å². The third-order valence-corrected chi connectivity index (χ3v) is 5.79. The number of piperidine rings is 1. The molecule has 1 N–H and O–H groups in total. The summed E-state index contributed by atoms with van der Waals surface area (Å²) in [6, 6.07) is 13.0. The van der Waals surface area contributed by atoms with Crippen molar-refractivity contribution in [1.82, 2.24) is 15.0 Å². The lowest BCUT2D eigenvalue weighted by molar-refractivity contribution is -0.121. The number of hydrogen-bond donors (Lipinski definition) is 1. The minimum atomic E-state index is 0.00730. The van der Waals surface area contributed by atoms with Crippen molar-refractivity contribution in [3.8, 4) is 11.4 Å². The topological polar surface area (TPSA) is 71.3 Å². The highest BCUT2D eigenvalue weighted by atomic mass is 35.5. The molecule has 0 aliphatic carbocycles. The molecule has 4 rings (SSSR count). The summed E-state index contributed by atoms with van der Waals surface area (Å²) in [4.78, 5) is 19.2. The van der Waals surface area contributed by atoms with Gasteiger partial charge < -0.3 is 9.84 Å². The van der Waals surface area contributed by atoms with E-state index in [1.807, 2.05) is 31.2 Å². The zero-order valence-electron chi connectivity index (χ0n) is 16.6. The molecular formula is C22H22Cl2N4O2. The van der Waals surface area contributed by atoms with Crippen molar-refractivity contribution in [2.24, 2.45) is 5.92 Å². The van der Waals surface area contributed by atoms with Gasteiger partial charge in [0.15, 0.2) is 0 Å². The molecule has 1 fully saturated rings. The smallest absolute Gasteiger partial charge is 0.241 e. The van der Waals surface area contributed by atoms with Gasteiger partial charge in [-0.05, 0) is 68.8 Å². The summed E-state index contributed by atoms with van der Waals surface area (Å²) >= 11 is 12.2. The zero-order valence-corrected chi connectivity index (χ0v) is 18.1. The van der Waals surface area contributed by atoms with E-state index in [1.165, 1.54) is 0 Å². The summed E-state index contributed by atoms with van der Waals surface area (Å²) in [5.41, 5.74) is 2.66. The molecule has 6 nitrogen and oxygen atoms in total. The van der Waals surface area contributed by atoms with E-state index >= 15 is 0 Å². The highest BCUT2D eigenvalue weighted by Crippen LogP contribution is 2.29. The number of carbonyl (C=O) groups is 1. The van der Waals surface area contributed by atoms with Crippen LogP contribution >= 0.6 is 23.2 Å². The molecule has 2 aromatic carbocycles. The minimum Gasteiger partial charge on any atom is -0.338 e. The fourth-order valence-corrected chi connectivity index (χ4v) is 4.10. The van der Waals surface area contributed by atoms with E-state index in [9.17, 15) is 4.79 Å². The molecule has 1 aromatic heterocycles. The van der Waals surface area contributed by atoms with E-state index in [2.05, 4.69) is 20.4 Å². The maximum absolute atomic E-state index is 12.6. The van der Waals surface area contributed by atoms with Gasteiger partial charge >= 0.3 is 0 Å². The van der Waals surface area contributed by atoms with Crippen LogP contribution < -0.4 is 5.32 Å². The molecule has 0 radical (unpaired) electrons. The fraction of sp³-hybridized carbons (Fsp3) is 0.318. The van der Waals surface area contributed by atoms with Crippen molar-refractivity contribution >= 4 is 34.8 Å². The normalized spacial score (nSPS) is 15.3. The molecule has 0 saturated carbocycles. The Balaban J connectivity index is 1.31. The SMILES string of the molecule is Cc1cccc(NC(=O)C2CCN(Cc3nc(-c4ccc(Cl)cc4Cl)no3)CC2)c1. The van der Waals surface area contributed by atoms with Crippen LogP contribution in [0.5, 0.6) is 0 Å². The average molecular weight is 445 g/mol. The van der Waals surface area contributed by atoms with Gasteiger partial charge in [0.05, 0.1) is 11.6 Å². The predicted molar refractivity (Wildman–Crippen MR) is 118 cm³/mol. The Hall–Kier alpha value is -2.41. The van der Waals surface area contributed by atoms with Crippen molar-refractivity contribution < 1.29 is 9.32 Å². The molecule has 3 aromatic rings. The number of nitrogens with one attached hydrogen (secondary N) is 1. The molecule has 2 heterocycles. The van der Waals surface area contributed by atoms with E-state index < -0.39 is 0 Å². The Morgan fingerprint density at radius 2 is 2.00 bits per heavy atom. The van der Waals surface area contributed by atoms with Gasteiger partial charge in [-0.3, -0.25) is 9.69 Å². The molecule has 0 atom stereocenters. The highest BCUT2D eigenvalue weighted by Gasteiger charge is 2.26. The van der Waals surface area contributed by atoms with E-state index in [1.54, 1.807) is 18.2 Å². The van der Waals surface area contributed by atoms with Gasteiger partial charge in [-0.1, -0.05) is 40.5 Å². The zero-order chi connectivity index (χ0) is 21.1. The van der Waals surface area contributed by atoms with Crippen LogP contribution in [0.3, 0.4) is 0 Å². The third kappa shape index (κ3) is 5.01. The van der Waals surface area contributed by atoms with Crippen molar-refractivity contribution in [1.29, 1.82) is 0 Å². The van der Waals surface area contributed by atoms with Gasteiger partial charge in [0.25, 0.3) is 0 Å². The molecule has 1 aliphatic heterocycles. The second-order valence-electron chi connectivity index (χ2n) is 7.55. The van der Waals surface area contributed by atoms with Gasteiger partial charge in [-0.15, -0.1) is 0 Å². The first-order valence-electron chi connectivity index (χ1n) is 9.86. The van der Waals surface area contributed by atoms with E-state index in [4.69, 9.17) is 27.7 Å². The highest BCUT2D eigenvalue weighted by molar-refractivity contribution is 6.36. The lowest BCUT2D eigenvalue weighted by Gasteiger charge is -2.30. The Morgan fingerprint density at radius 1 is 1.20 bits per heavy atom. The maximum Gasteiger partial charge on any atom is 0.241 e. The number of amides is 1. The number of rotatable bonds is 5. The standard InChI is InChI=1S/C22H22Cl2N4O2/c1-14-3-2-4-17(11-14)25-22(29)15-7-9-28(10-8-15)13-20-26-21(27-30-20)18-6-5-16(23)12-19(18)24/h2-6,11-12,15H,7-10,13H2,1H3,(H,25,29).